The second-order valence-corrected chi connectivity index (χ2v) is 5.00. The van der Waals surface area contributed by atoms with Crippen molar-refractivity contribution in [2.45, 2.75) is 32.4 Å². The molecule has 1 aromatic carbocycles. The van der Waals surface area contributed by atoms with Crippen molar-refractivity contribution < 1.29 is 5.11 Å². The summed E-state index contributed by atoms with van der Waals surface area (Å²) in [6.07, 6.45) is 2.62. The fourth-order valence-corrected chi connectivity index (χ4v) is 2.51. The number of hydrogen-bond acceptors (Lipinski definition) is 2. The van der Waals surface area contributed by atoms with Gasteiger partial charge >= 0.3 is 0 Å². The van der Waals surface area contributed by atoms with E-state index in [1.54, 1.807) is 0 Å². The van der Waals surface area contributed by atoms with Gasteiger partial charge in [0.15, 0.2) is 0 Å². The Morgan fingerprint density at radius 3 is 2.75 bits per heavy atom. The highest BCUT2D eigenvalue weighted by Gasteiger charge is 2.31. The van der Waals surface area contributed by atoms with Gasteiger partial charge in [-0.05, 0) is 31.7 Å². The maximum Gasteiger partial charge on any atom is 0.0702 e. The zero-order valence-corrected chi connectivity index (χ0v) is 10.5. The first kappa shape index (κ1) is 11.7. The molecule has 1 atom stereocenters. The molecule has 1 aromatic rings. The van der Waals surface area contributed by atoms with Crippen LogP contribution in [-0.2, 0) is 6.61 Å². The van der Waals surface area contributed by atoms with Gasteiger partial charge < -0.3 is 10.0 Å². The molecule has 3 heteroatoms. The first-order valence-electron chi connectivity index (χ1n) is 5.76. The van der Waals surface area contributed by atoms with E-state index in [2.05, 4.69) is 18.9 Å². The predicted molar refractivity (Wildman–Crippen MR) is 68.0 cm³/mol. The molecule has 1 aliphatic carbocycles. The molecule has 0 bridgehead atoms. The van der Waals surface area contributed by atoms with Crippen molar-refractivity contribution in [1.82, 2.24) is 0 Å². The van der Waals surface area contributed by atoms with Crippen molar-refractivity contribution in [3.8, 4) is 0 Å². The van der Waals surface area contributed by atoms with Gasteiger partial charge in [-0.15, -0.1) is 0 Å². The van der Waals surface area contributed by atoms with E-state index < -0.39 is 0 Å². The maximum atomic E-state index is 9.34. The SMILES string of the molecule is CC(C1CC1)N(C)c1c(Cl)cccc1CO. The van der Waals surface area contributed by atoms with Gasteiger partial charge in [0.25, 0.3) is 0 Å². The van der Waals surface area contributed by atoms with Gasteiger partial charge in [-0.25, -0.2) is 0 Å². The molecule has 2 rings (SSSR count). The number of rotatable bonds is 4. The summed E-state index contributed by atoms with van der Waals surface area (Å²) in [5.74, 6) is 0.785. The number of aliphatic hydroxyl groups excluding tert-OH is 1. The van der Waals surface area contributed by atoms with Crippen LogP contribution in [-0.4, -0.2) is 18.2 Å². The van der Waals surface area contributed by atoms with Crippen molar-refractivity contribution in [2.75, 3.05) is 11.9 Å². The molecule has 0 amide bonds. The summed E-state index contributed by atoms with van der Waals surface area (Å²) in [7, 11) is 2.06. The Morgan fingerprint density at radius 1 is 1.50 bits per heavy atom. The Hall–Kier alpha value is -0.730. The van der Waals surface area contributed by atoms with Crippen LogP contribution >= 0.6 is 11.6 Å². The minimum atomic E-state index is 0.0393. The molecule has 0 spiro atoms. The molecule has 88 valence electrons. The molecule has 0 aromatic heterocycles. The van der Waals surface area contributed by atoms with Crippen LogP contribution in [0.2, 0.25) is 5.02 Å². The van der Waals surface area contributed by atoms with Crippen LogP contribution in [0, 0.1) is 5.92 Å². The smallest absolute Gasteiger partial charge is 0.0702 e. The van der Waals surface area contributed by atoms with Crippen molar-refractivity contribution in [3.63, 3.8) is 0 Å². The number of aliphatic hydroxyl groups is 1. The molecule has 16 heavy (non-hydrogen) atoms. The lowest BCUT2D eigenvalue weighted by atomic mass is 10.1. The van der Waals surface area contributed by atoms with E-state index >= 15 is 0 Å². The monoisotopic (exact) mass is 239 g/mol. The summed E-state index contributed by atoms with van der Waals surface area (Å²) in [6, 6.07) is 6.18. The van der Waals surface area contributed by atoms with E-state index in [4.69, 9.17) is 11.6 Å². The molecule has 0 radical (unpaired) electrons. The molecule has 0 heterocycles. The van der Waals surface area contributed by atoms with Gasteiger partial charge in [0.2, 0.25) is 0 Å². The zero-order chi connectivity index (χ0) is 11.7. The fourth-order valence-electron chi connectivity index (χ4n) is 2.18. The molecule has 2 nitrogen and oxygen atoms in total. The summed E-state index contributed by atoms with van der Waals surface area (Å²) >= 11 is 6.22. The van der Waals surface area contributed by atoms with Crippen LogP contribution in [0.5, 0.6) is 0 Å². The van der Waals surface area contributed by atoms with Crippen LogP contribution in [0.3, 0.4) is 0 Å². The zero-order valence-electron chi connectivity index (χ0n) is 9.78. The number of para-hydroxylation sites is 1. The molecule has 0 saturated heterocycles. The maximum absolute atomic E-state index is 9.34. The summed E-state index contributed by atoms with van der Waals surface area (Å²) in [5.41, 5.74) is 1.88. The Balaban J connectivity index is 2.30. The number of hydrogen-bond donors (Lipinski definition) is 1. The summed E-state index contributed by atoms with van der Waals surface area (Å²) in [5, 5.41) is 10.1. The Bertz CT molecular complexity index is 376. The standard InChI is InChI=1S/C13H18ClNO/c1-9(10-6-7-10)15(2)13-11(8-16)4-3-5-12(13)14/h3-5,9-10,16H,6-8H2,1-2H3. The van der Waals surface area contributed by atoms with Gasteiger partial charge in [0, 0.05) is 18.7 Å². The first-order chi connectivity index (χ1) is 7.65. The summed E-state index contributed by atoms with van der Waals surface area (Å²) in [4.78, 5) is 2.20. The third-order valence-corrected chi connectivity index (χ3v) is 3.81. The lowest BCUT2D eigenvalue weighted by Crippen LogP contribution is -2.31. The Morgan fingerprint density at radius 2 is 2.19 bits per heavy atom. The van der Waals surface area contributed by atoms with Gasteiger partial charge in [0.05, 0.1) is 17.3 Å². The van der Waals surface area contributed by atoms with Crippen molar-refractivity contribution in [1.29, 1.82) is 0 Å². The van der Waals surface area contributed by atoms with Crippen molar-refractivity contribution >= 4 is 17.3 Å². The number of nitrogens with zero attached hydrogens (tertiary/aromatic N) is 1. The van der Waals surface area contributed by atoms with Crippen LogP contribution in [0.15, 0.2) is 18.2 Å². The third-order valence-electron chi connectivity index (χ3n) is 3.51. The number of anilines is 1. The van der Waals surface area contributed by atoms with E-state index in [1.807, 2.05) is 18.2 Å². The normalized spacial score (nSPS) is 17.2. The molecule has 1 fully saturated rings. The minimum absolute atomic E-state index is 0.0393. The second kappa shape index (κ2) is 4.64. The number of halogens is 1. The van der Waals surface area contributed by atoms with Crippen LogP contribution in [0.25, 0.3) is 0 Å². The third kappa shape index (κ3) is 2.18. The van der Waals surface area contributed by atoms with E-state index in [-0.39, 0.29) is 6.61 Å². The summed E-state index contributed by atoms with van der Waals surface area (Å²) < 4.78 is 0. The average Bonchev–Trinajstić information content (AvgIpc) is 3.10. The molecule has 1 saturated carbocycles. The van der Waals surface area contributed by atoms with E-state index in [0.717, 1.165) is 22.2 Å². The quantitative estimate of drug-likeness (QED) is 0.873. The highest BCUT2D eigenvalue weighted by atomic mass is 35.5. The molecule has 1 N–H and O–H groups in total. The van der Waals surface area contributed by atoms with Gasteiger partial charge in [0.1, 0.15) is 0 Å². The lowest BCUT2D eigenvalue weighted by Gasteiger charge is -2.29. The molecule has 1 unspecified atom stereocenters. The highest BCUT2D eigenvalue weighted by molar-refractivity contribution is 6.33. The number of benzene rings is 1. The molecular formula is C13H18ClNO. The van der Waals surface area contributed by atoms with E-state index in [1.165, 1.54) is 12.8 Å². The predicted octanol–water partition coefficient (Wildman–Crippen LogP) is 3.07. The largest absolute Gasteiger partial charge is 0.392 e. The summed E-state index contributed by atoms with van der Waals surface area (Å²) in [6.45, 7) is 2.26. The topological polar surface area (TPSA) is 23.5 Å². The lowest BCUT2D eigenvalue weighted by molar-refractivity contribution is 0.282. The Kier molecular flexibility index (Phi) is 3.41. The van der Waals surface area contributed by atoms with Crippen LogP contribution in [0.4, 0.5) is 5.69 Å². The molecule has 0 aliphatic heterocycles. The Labute approximate surface area is 102 Å². The fraction of sp³-hybridized carbons (Fsp3) is 0.538. The van der Waals surface area contributed by atoms with Crippen LogP contribution in [0.1, 0.15) is 25.3 Å². The van der Waals surface area contributed by atoms with E-state index in [9.17, 15) is 5.11 Å². The highest BCUT2D eigenvalue weighted by Crippen LogP contribution is 2.39. The van der Waals surface area contributed by atoms with Gasteiger partial charge in [-0.1, -0.05) is 23.7 Å². The average molecular weight is 240 g/mol. The van der Waals surface area contributed by atoms with Crippen molar-refractivity contribution in [3.05, 3.63) is 28.8 Å². The first-order valence-corrected chi connectivity index (χ1v) is 6.14. The minimum Gasteiger partial charge on any atom is -0.392 e. The molecular weight excluding hydrogens is 222 g/mol. The second-order valence-electron chi connectivity index (χ2n) is 4.59. The van der Waals surface area contributed by atoms with E-state index in [0.29, 0.717) is 6.04 Å². The van der Waals surface area contributed by atoms with Crippen molar-refractivity contribution in [2.24, 2.45) is 5.92 Å². The van der Waals surface area contributed by atoms with Gasteiger partial charge in [-0.3, -0.25) is 0 Å². The molecule has 1 aliphatic rings. The van der Waals surface area contributed by atoms with Crippen LogP contribution < -0.4 is 4.90 Å². The van der Waals surface area contributed by atoms with Gasteiger partial charge in [-0.2, -0.15) is 0 Å².